The second-order valence-corrected chi connectivity index (χ2v) is 8.96. The maximum atomic E-state index is 12.6. The molecule has 2 aromatic rings. The zero-order chi connectivity index (χ0) is 21.9. The molecule has 162 valence electrons. The molecule has 1 N–H and O–H groups in total. The fraction of sp³-hybridized carbons (Fsp3) is 0.316. The summed E-state index contributed by atoms with van der Waals surface area (Å²) in [5, 5.41) is 2.43. The molecule has 0 aliphatic carbocycles. The minimum absolute atomic E-state index is 0.0256. The number of nitrogens with zero attached hydrogens (tertiary/aromatic N) is 1. The maximum Gasteiger partial charge on any atom is 0.416 e. The molecule has 0 unspecified atom stereocenters. The van der Waals surface area contributed by atoms with Gasteiger partial charge >= 0.3 is 6.18 Å². The second-order valence-electron chi connectivity index (χ2n) is 6.62. The minimum Gasteiger partial charge on any atom is -0.482 e. The zero-order valence-corrected chi connectivity index (χ0v) is 17.1. The van der Waals surface area contributed by atoms with Gasteiger partial charge in [-0.3, -0.25) is 4.79 Å². The Morgan fingerprint density at radius 2 is 1.73 bits per heavy atom. The molecule has 2 aromatic carbocycles. The molecule has 30 heavy (non-hydrogen) atoms. The van der Waals surface area contributed by atoms with E-state index in [1.807, 2.05) is 0 Å². The van der Waals surface area contributed by atoms with Crippen LogP contribution in [0.15, 0.2) is 47.4 Å². The highest BCUT2D eigenvalue weighted by molar-refractivity contribution is 7.89. The van der Waals surface area contributed by atoms with E-state index in [1.54, 1.807) is 0 Å². The molecule has 1 amide bonds. The van der Waals surface area contributed by atoms with Gasteiger partial charge in [0.15, 0.2) is 6.61 Å². The maximum absolute atomic E-state index is 12.6. The summed E-state index contributed by atoms with van der Waals surface area (Å²) in [5.41, 5.74) is -0.651. The van der Waals surface area contributed by atoms with Gasteiger partial charge in [0.25, 0.3) is 5.91 Å². The van der Waals surface area contributed by atoms with Crippen molar-refractivity contribution >= 4 is 33.2 Å². The quantitative estimate of drug-likeness (QED) is 0.699. The SMILES string of the molecule is O=C(COc1ccc(S(=O)(=O)N2CCCC2)cc1Cl)Nc1ccc(C(F)(F)F)cc1. The predicted molar refractivity (Wildman–Crippen MR) is 105 cm³/mol. The van der Waals surface area contributed by atoms with Crippen molar-refractivity contribution in [2.75, 3.05) is 25.0 Å². The highest BCUT2D eigenvalue weighted by atomic mass is 35.5. The Morgan fingerprint density at radius 3 is 2.30 bits per heavy atom. The first kappa shape index (κ1) is 22.4. The number of ether oxygens (including phenoxy) is 1. The van der Waals surface area contributed by atoms with Crippen LogP contribution in [-0.2, 0) is 21.0 Å². The third-order valence-corrected chi connectivity index (χ3v) is 6.65. The van der Waals surface area contributed by atoms with Gasteiger partial charge < -0.3 is 10.1 Å². The van der Waals surface area contributed by atoms with E-state index in [1.165, 1.54) is 22.5 Å². The number of carbonyl (C=O) groups is 1. The van der Waals surface area contributed by atoms with E-state index in [4.69, 9.17) is 16.3 Å². The molecule has 3 rings (SSSR count). The lowest BCUT2D eigenvalue weighted by Crippen LogP contribution is -2.27. The molecule has 0 radical (unpaired) electrons. The van der Waals surface area contributed by atoms with Crippen molar-refractivity contribution in [1.29, 1.82) is 0 Å². The zero-order valence-electron chi connectivity index (χ0n) is 15.6. The standard InChI is InChI=1S/C19H18ClF3N2O4S/c20-16-11-15(30(27,28)25-9-1-2-10-25)7-8-17(16)29-12-18(26)24-14-5-3-13(4-6-14)19(21,22)23/h3-8,11H,1-2,9-10,12H2,(H,24,26). The number of benzene rings is 2. The van der Waals surface area contributed by atoms with Crippen LogP contribution in [0.4, 0.5) is 18.9 Å². The molecular formula is C19H18ClF3N2O4S. The molecule has 0 saturated carbocycles. The topological polar surface area (TPSA) is 75.7 Å². The number of amides is 1. The van der Waals surface area contributed by atoms with Crippen LogP contribution in [0.5, 0.6) is 5.75 Å². The van der Waals surface area contributed by atoms with Crippen LogP contribution in [0.3, 0.4) is 0 Å². The number of halogens is 4. The molecule has 6 nitrogen and oxygen atoms in total. The number of alkyl halides is 3. The van der Waals surface area contributed by atoms with Crippen LogP contribution < -0.4 is 10.1 Å². The van der Waals surface area contributed by atoms with Gasteiger partial charge in [-0.25, -0.2) is 8.42 Å². The Balaban J connectivity index is 1.59. The van der Waals surface area contributed by atoms with Gasteiger partial charge in [-0.15, -0.1) is 0 Å². The van der Waals surface area contributed by atoms with Gasteiger partial charge in [0.05, 0.1) is 15.5 Å². The Hall–Kier alpha value is -2.30. The van der Waals surface area contributed by atoms with Crippen LogP contribution in [0.2, 0.25) is 5.02 Å². The number of hydrogen-bond acceptors (Lipinski definition) is 4. The summed E-state index contributed by atoms with van der Waals surface area (Å²) >= 11 is 6.10. The number of hydrogen-bond donors (Lipinski definition) is 1. The summed E-state index contributed by atoms with van der Waals surface area (Å²) in [6.07, 6.45) is -2.85. The van der Waals surface area contributed by atoms with Gasteiger partial charge in [0.2, 0.25) is 10.0 Å². The summed E-state index contributed by atoms with van der Waals surface area (Å²) < 4.78 is 69.5. The van der Waals surface area contributed by atoms with E-state index in [9.17, 15) is 26.4 Å². The number of sulfonamides is 1. The molecule has 1 aliphatic heterocycles. The van der Waals surface area contributed by atoms with Gasteiger partial charge in [-0.2, -0.15) is 17.5 Å². The number of nitrogens with one attached hydrogen (secondary N) is 1. The monoisotopic (exact) mass is 462 g/mol. The van der Waals surface area contributed by atoms with E-state index in [0.717, 1.165) is 37.1 Å². The normalized spacial score (nSPS) is 15.2. The van der Waals surface area contributed by atoms with Crippen LogP contribution in [-0.4, -0.2) is 38.3 Å². The summed E-state index contributed by atoms with van der Waals surface area (Å²) in [5.74, 6) is -0.501. The minimum atomic E-state index is -4.46. The lowest BCUT2D eigenvalue weighted by molar-refractivity contribution is -0.137. The first-order valence-corrected chi connectivity index (χ1v) is 10.8. The third kappa shape index (κ3) is 5.24. The van der Waals surface area contributed by atoms with E-state index in [0.29, 0.717) is 13.1 Å². The van der Waals surface area contributed by atoms with Crippen molar-refractivity contribution in [3.8, 4) is 5.75 Å². The summed E-state index contributed by atoms with van der Waals surface area (Å²) in [6, 6.07) is 7.94. The van der Waals surface area contributed by atoms with Crippen molar-refractivity contribution < 1.29 is 31.1 Å². The lowest BCUT2D eigenvalue weighted by atomic mass is 10.2. The van der Waals surface area contributed by atoms with Crippen LogP contribution in [0, 0.1) is 0 Å². The van der Waals surface area contributed by atoms with Crippen LogP contribution in [0.1, 0.15) is 18.4 Å². The smallest absolute Gasteiger partial charge is 0.416 e. The van der Waals surface area contributed by atoms with Gasteiger partial charge in [-0.1, -0.05) is 11.6 Å². The Kier molecular flexibility index (Phi) is 6.59. The molecule has 0 spiro atoms. The Bertz CT molecular complexity index is 1020. The van der Waals surface area contributed by atoms with Crippen LogP contribution in [0.25, 0.3) is 0 Å². The number of carbonyl (C=O) groups excluding carboxylic acids is 1. The molecule has 0 bridgehead atoms. The largest absolute Gasteiger partial charge is 0.482 e. The molecular weight excluding hydrogens is 445 g/mol. The molecule has 0 atom stereocenters. The molecule has 1 fully saturated rings. The molecule has 11 heteroatoms. The van der Waals surface area contributed by atoms with Crippen molar-refractivity contribution in [3.05, 3.63) is 53.1 Å². The average Bonchev–Trinajstić information content (AvgIpc) is 3.22. The van der Waals surface area contributed by atoms with Crippen molar-refractivity contribution in [1.82, 2.24) is 4.31 Å². The highest BCUT2D eigenvalue weighted by Gasteiger charge is 2.30. The van der Waals surface area contributed by atoms with Crippen LogP contribution >= 0.6 is 11.6 Å². The molecule has 1 aliphatic rings. The summed E-state index contributed by atoms with van der Waals surface area (Å²) in [7, 11) is -3.63. The first-order chi connectivity index (χ1) is 14.1. The second kappa shape index (κ2) is 8.83. The van der Waals surface area contributed by atoms with Gasteiger partial charge in [0.1, 0.15) is 5.75 Å². The van der Waals surface area contributed by atoms with Crippen molar-refractivity contribution in [2.24, 2.45) is 0 Å². The van der Waals surface area contributed by atoms with Crippen molar-refractivity contribution in [3.63, 3.8) is 0 Å². The summed E-state index contributed by atoms with van der Waals surface area (Å²) in [4.78, 5) is 12.0. The summed E-state index contributed by atoms with van der Waals surface area (Å²) in [6.45, 7) is 0.462. The van der Waals surface area contributed by atoms with Gasteiger partial charge in [-0.05, 0) is 55.3 Å². The van der Waals surface area contributed by atoms with Crippen molar-refractivity contribution in [2.45, 2.75) is 23.9 Å². The molecule has 0 aromatic heterocycles. The van der Waals surface area contributed by atoms with E-state index < -0.39 is 34.3 Å². The number of anilines is 1. The third-order valence-electron chi connectivity index (χ3n) is 4.46. The molecule has 1 saturated heterocycles. The predicted octanol–water partition coefficient (Wildman–Crippen LogP) is 4.16. The fourth-order valence-electron chi connectivity index (χ4n) is 2.92. The average molecular weight is 463 g/mol. The van der Waals surface area contributed by atoms with Gasteiger partial charge in [0, 0.05) is 18.8 Å². The fourth-order valence-corrected chi connectivity index (χ4v) is 4.76. The highest BCUT2D eigenvalue weighted by Crippen LogP contribution is 2.31. The number of rotatable bonds is 6. The van der Waals surface area contributed by atoms with E-state index in [-0.39, 0.29) is 21.4 Å². The lowest BCUT2D eigenvalue weighted by Gasteiger charge is -2.16. The Labute approximate surface area is 176 Å². The van der Waals surface area contributed by atoms with E-state index >= 15 is 0 Å². The molecule has 1 heterocycles. The Morgan fingerprint density at radius 1 is 1.10 bits per heavy atom. The first-order valence-electron chi connectivity index (χ1n) is 8.97. The van der Waals surface area contributed by atoms with E-state index in [2.05, 4.69) is 5.32 Å².